The van der Waals surface area contributed by atoms with E-state index in [1.54, 1.807) is 24.2 Å². The standard InChI is InChI=1S/C35H34F3N5O3S/c1-33(2,3)47(45)18-35(15-34(4,16-35)17-39)29-22(36)11-20(14-40-29)19-9-10-23-24(12-19)43-25-13-26(30(43)41-23)42(5)31(44)21-7-6-8-27(28(21)25)46-32(37)38/h6-12,14,25-26,32H,13,15-16,18H2,1-5H3/t25-,26+,34?,35?,47+/m0/s1. The number of aromatic nitrogens is 3. The smallest absolute Gasteiger partial charge is 0.387 e. The number of rotatable bonds is 6. The average Bonchev–Trinajstić information content (AvgIpc) is 3.52. The van der Waals surface area contributed by atoms with E-state index in [0.29, 0.717) is 58.4 Å². The lowest BCUT2D eigenvalue weighted by Crippen LogP contribution is -2.53. The molecule has 4 heterocycles. The van der Waals surface area contributed by atoms with Gasteiger partial charge in [-0.15, -0.1) is 0 Å². The minimum atomic E-state index is -3.06. The van der Waals surface area contributed by atoms with Crippen LogP contribution in [0.15, 0.2) is 48.7 Å². The van der Waals surface area contributed by atoms with E-state index >= 15 is 4.39 Å². The maximum Gasteiger partial charge on any atom is 0.387 e. The lowest BCUT2D eigenvalue weighted by Gasteiger charge is -2.51. The van der Waals surface area contributed by atoms with Crippen LogP contribution in [0, 0.1) is 22.6 Å². The van der Waals surface area contributed by atoms with E-state index in [9.17, 15) is 23.0 Å². The number of nitrogens with zero attached hydrogens (tertiary/aromatic N) is 5. The summed E-state index contributed by atoms with van der Waals surface area (Å²) in [6.45, 7) is 4.42. The fourth-order valence-corrected chi connectivity index (χ4v) is 9.05. The van der Waals surface area contributed by atoms with Gasteiger partial charge < -0.3 is 14.2 Å². The zero-order valence-electron chi connectivity index (χ0n) is 26.7. The van der Waals surface area contributed by atoms with E-state index in [2.05, 4.69) is 11.1 Å². The maximum atomic E-state index is 16.1. The highest BCUT2D eigenvalue weighted by Gasteiger charge is 2.56. The van der Waals surface area contributed by atoms with E-state index in [4.69, 9.17) is 9.72 Å². The number of pyridine rings is 1. The Morgan fingerprint density at radius 3 is 2.55 bits per heavy atom. The molecule has 4 aromatic rings. The normalized spacial score (nSPS) is 25.6. The Morgan fingerprint density at radius 1 is 1.15 bits per heavy atom. The summed E-state index contributed by atoms with van der Waals surface area (Å²) in [5, 5.41) is 9.72. The Labute approximate surface area is 273 Å². The van der Waals surface area contributed by atoms with Crippen LogP contribution in [-0.4, -0.2) is 53.7 Å². The lowest BCUT2D eigenvalue weighted by molar-refractivity contribution is -0.0507. The van der Waals surface area contributed by atoms with Crippen molar-refractivity contribution in [2.24, 2.45) is 5.41 Å². The molecular weight excluding hydrogens is 627 g/mol. The predicted octanol–water partition coefficient (Wildman–Crippen LogP) is 7.07. The Bertz CT molecular complexity index is 2030. The number of carbonyl (C=O) groups excluding carboxylic acids is 1. The van der Waals surface area contributed by atoms with Gasteiger partial charge in [0, 0.05) is 63.1 Å². The molecule has 3 aliphatic rings. The third kappa shape index (κ3) is 4.93. The molecule has 3 atom stereocenters. The first-order valence-electron chi connectivity index (χ1n) is 15.5. The number of nitriles is 1. The zero-order valence-corrected chi connectivity index (χ0v) is 27.5. The van der Waals surface area contributed by atoms with Gasteiger partial charge in [-0.25, -0.2) is 9.37 Å². The van der Waals surface area contributed by atoms with Crippen LogP contribution >= 0.6 is 0 Å². The van der Waals surface area contributed by atoms with Crippen molar-refractivity contribution in [3.05, 3.63) is 77.1 Å². The van der Waals surface area contributed by atoms with Gasteiger partial charge in [-0.3, -0.25) is 14.0 Å². The highest BCUT2D eigenvalue weighted by molar-refractivity contribution is 7.86. The van der Waals surface area contributed by atoms with Crippen LogP contribution in [-0.2, 0) is 16.2 Å². The third-order valence-electron chi connectivity index (χ3n) is 9.90. The van der Waals surface area contributed by atoms with E-state index in [0.717, 1.165) is 0 Å². The van der Waals surface area contributed by atoms with Crippen molar-refractivity contribution in [2.45, 2.75) is 75.8 Å². The first-order valence-corrected chi connectivity index (χ1v) is 16.8. The molecule has 1 amide bonds. The third-order valence-corrected chi connectivity index (χ3v) is 12.1. The van der Waals surface area contributed by atoms with Gasteiger partial charge in [0.2, 0.25) is 0 Å². The van der Waals surface area contributed by atoms with Crippen molar-refractivity contribution in [1.82, 2.24) is 19.4 Å². The summed E-state index contributed by atoms with van der Waals surface area (Å²) < 4.78 is 62.6. The summed E-state index contributed by atoms with van der Waals surface area (Å²) in [7, 11) is 0.400. The topological polar surface area (TPSA) is 101 Å². The second-order valence-electron chi connectivity index (χ2n) is 14.3. The number of ether oxygens (including phenoxy) is 1. The van der Waals surface area contributed by atoms with E-state index in [1.807, 2.05) is 50.5 Å². The molecule has 244 valence electrons. The Morgan fingerprint density at radius 2 is 1.89 bits per heavy atom. The van der Waals surface area contributed by atoms with Crippen molar-refractivity contribution >= 4 is 27.7 Å². The van der Waals surface area contributed by atoms with Crippen LogP contribution in [0.1, 0.15) is 86.5 Å². The van der Waals surface area contributed by atoms with Crippen molar-refractivity contribution in [3.63, 3.8) is 0 Å². The molecule has 0 spiro atoms. The maximum absolute atomic E-state index is 16.1. The van der Waals surface area contributed by atoms with Crippen LogP contribution in [0.2, 0.25) is 0 Å². The fraction of sp³-hybridized carbons (Fsp3) is 0.429. The summed E-state index contributed by atoms with van der Waals surface area (Å²) in [4.78, 5) is 24.5. The molecular formula is C35H34F3N5O3S. The monoisotopic (exact) mass is 661 g/mol. The summed E-state index contributed by atoms with van der Waals surface area (Å²) in [6.07, 6.45) is 2.78. The van der Waals surface area contributed by atoms with Gasteiger partial charge >= 0.3 is 6.61 Å². The number of alkyl halides is 2. The molecule has 12 heteroatoms. The second kappa shape index (κ2) is 10.6. The SMILES string of the molecule is CN1C(=O)c2cccc(OC(F)F)c2[C@@H]2C[C@@H]1c1nc3ccc(-c4cnc(C5(C[S@@](=O)C(C)(C)C)CC(C)(C#N)C5)c(F)c4)cc3n12. The molecule has 2 bridgehead atoms. The molecule has 1 fully saturated rings. The molecule has 0 unspecified atom stereocenters. The molecule has 2 aromatic carbocycles. The van der Waals surface area contributed by atoms with E-state index < -0.39 is 44.8 Å². The molecule has 7 rings (SSSR count). The lowest BCUT2D eigenvalue weighted by atomic mass is 9.53. The zero-order chi connectivity index (χ0) is 33.6. The summed E-state index contributed by atoms with van der Waals surface area (Å²) in [6, 6.07) is 13.0. The Kier molecular flexibility index (Phi) is 7.10. The molecule has 2 aliphatic heterocycles. The molecule has 8 nitrogen and oxygen atoms in total. The average molecular weight is 662 g/mol. The van der Waals surface area contributed by atoms with Crippen molar-refractivity contribution in [2.75, 3.05) is 12.8 Å². The van der Waals surface area contributed by atoms with Gasteiger partial charge in [0.05, 0.1) is 40.3 Å². The van der Waals surface area contributed by atoms with Gasteiger partial charge in [-0.2, -0.15) is 14.0 Å². The van der Waals surface area contributed by atoms with Crippen LogP contribution in [0.25, 0.3) is 22.2 Å². The number of hydrogen-bond acceptors (Lipinski definition) is 6. The molecule has 1 aliphatic carbocycles. The minimum Gasteiger partial charge on any atom is -0.434 e. The first kappa shape index (κ1) is 31.4. The molecule has 0 N–H and O–H groups in total. The number of hydrogen-bond donors (Lipinski definition) is 0. The fourth-order valence-electron chi connectivity index (χ4n) is 7.77. The van der Waals surface area contributed by atoms with E-state index in [-0.39, 0.29) is 29.1 Å². The van der Waals surface area contributed by atoms with Crippen LogP contribution < -0.4 is 4.74 Å². The molecule has 0 saturated heterocycles. The van der Waals surface area contributed by atoms with Crippen molar-refractivity contribution in [1.29, 1.82) is 5.26 Å². The molecule has 2 aromatic heterocycles. The van der Waals surface area contributed by atoms with Gasteiger partial charge in [-0.05, 0) is 76.4 Å². The minimum absolute atomic E-state index is 0.0533. The quantitative estimate of drug-likeness (QED) is 0.219. The highest BCUT2D eigenvalue weighted by atomic mass is 32.2. The van der Waals surface area contributed by atoms with Crippen LogP contribution in [0.5, 0.6) is 5.75 Å². The Hall–Kier alpha value is -4.24. The molecule has 47 heavy (non-hydrogen) atoms. The summed E-state index contributed by atoms with van der Waals surface area (Å²) in [5.74, 6) is -0.0268. The molecule has 1 saturated carbocycles. The van der Waals surface area contributed by atoms with Gasteiger partial charge in [0.15, 0.2) is 0 Å². The van der Waals surface area contributed by atoms with E-state index in [1.165, 1.54) is 18.2 Å². The highest BCUT2D eigenvalue weighted by Crippen LogP contribution is 2.56. The summed E-state index contributed by atoms with van der Waals surface area (Å²) in [5.41, 5.74) is 1.99. The van der Waals surface area contributed by atoms with Crippen LogP contribution in [0.4, 0.5) is 13.2 Å². The number of amides is 1. The number of imidazole rings is 1. The van der Waals surface area contributed by atoms with Crippen LogP contribution in [0.3, 0.4) is 0 Å². The van der Waals surface area contributed by atoms with Crippen molar-refractivity contribution in [3.8, 4) is 22.9 Å². The predicted molar refractivity (Wildman–Crippen MR) is 171 cm³/mol. The van der Waals surface area contributed by atoms with Gasteiger partial charge in [0.1, 0.15) is 17.4 Å². The number of fused-ring (bicyclic) bond motifs is 9. The first-order chi connectivity index (χ1) is 22.1. The second-order valence-corrected chi connectivity index (χ2v) is 16.5. The Balaban J connectivity index is 1.30. The number of halogens is 3. The van der Waals surface area contributed by atoms with Gasteiger partial charge in [0.25, 0.3) is 5.91 Å². The number of benzene rings is 2. The largest absolute Gasteiger partial charge is 0.434 e. The number of carbonyl (C=O) groups is 1. The van der Waals surface area contributed by atoms with Gasteiger partial charge in [-0.1, -0.05) is 12.1 Å². The van der Waals surface area contributed by atoms with Crippen molar-refractivity contribution < 1.29 is 26.9 Å². The molecule has 0 radical (unpaired) electrons. The summed E-state index contributed by atoms with van der Waals surface area (Å²) >= 11 is 0.